The van der Waals surface area contributed by atoms with Gasteiger partial charge in [0.15, 0.2) is 0 Å². The molecule has 0 radical (unpaired) electrons. The Bertz CT molecular complexity index is 1020. The topological polar surface area (TPSA) is 108 Å². The third-order valence-corrected chi connectivity index (χ3v) is 7.97. The number of hydrogen-bond acceptors (Lipinski definition) is 6. The highest BCUT2D eigenvalue weighted by Gasteiger charge is 2.21. The molecular formula is C19H28N4O4S2. The molecule has 0 aliphatic carbocycles. The molecule has 0 fully saturated rings. The zero-order chi connectivity index (χ0) is 21.7. The number of nitrogens with zero attached hydrogens (tertiary/aromatic N) is 2. The first-order valence-corrected chi connectivity index (χ1v) is 12.3. The van der Waals surface area contributed by atoms with Crippen molar-refractivity contribution < 1.29 is 16.8 Å². The van der Waals surface area contributed by atoms with Gasteiger partial charge in [-0.25, -0.2) is 30.8 Å². The Balaban J connectivity index is 2.15. The SMILES string of the molecule is CCC(CC)NS(=O)(=O)c1ccc(NCc2ccccc2S(=O)(=O)N(C)C)nc1. The molecule has 8 nitrogen and oxygen atoms in total. The van der Waals surface area contributed by atoms with Crippen LogP contribution in [0.2, 0.25) is 0 Å². The van der Waals surface area contributed by atoms with Crippen molar-refractivity contribution in [1.82, 2.24) is 14.0 Å². The molecule has 160 valence electrons. The van der Waals surface area contributed by atoms with E-state index < -0.39 is 20.0 Å². The molecule has 2 rings (SSSR count). The second-order valence-electron chi connectivity index (χ2n) is 6.76. The van der Waals surface area contributed by atoms with E-state index in [1.54, 1.807) is 30.3 Å². The Morgan fingerprint density at radius 1 is 1.00 bits per heavy atom. The lowest BCUT2D eigenvalue weighted by Crippen LogP contribution is -2.33. The molecule has 29 heavy (non-hydrogen) atoms. The van der Waals surface area contributed by atoms with E-state index in [0.717, 1.165) is 4.31 Å². The number of hydrogen-bond donors (Lipinski definition) is 2. The number of rotatable bonds is 10. The molecule has 0 bridgehead atoms. The molecule has 0 atom stereocenters. The van der Waals surface area contributed by atoms with Crippen LogP contribution < -0.4 is 10.0 Å². The van der Waals surface area contributed by atoms with Crippen LogP contribution in [-0.2, 0) is 26.6 Å². The number of aromatic nitrogens is 1. The summed E-state index contributed by atoms with van der Waals surface area (Å²) >= 11 is 0. The van der Waals surface area contributed by atoms with Gasteiger partial charge in [-0.2, -0.15) is 0 Å². The average Bonchev–Trinajstić information content (AvgIpc) is 2.70. The van der Waals surface area contributed by atoms with Gasteiger partial charge in [0.2, 0.25) is 20.0 Å². The summed E-state index contributed by atoms with van der Waals surface area (Å²) in [5, 5.41) is 3.04. The number of benzene rings is 1. The van der Waals surface area contributed by atoms with Crippen LogP contribution in [0.5, 0.6) is 0 Å². The highest BCUT2D eigenvalue weighted by Crippen LogP contribution is 2.20. The monoisotopic (exact) mass is 440 g/mol. The summed E-state index contributed by atoms with van der Waals surface area (Å²) in [4.78, 5) is 4.46. The molecule has 0 aliphatic heterocycles. The molecule has 0 spiro atoms. The lowest BCUT2D eigenvalue weighted by atomic mass is 10.2. The maximum Gasteiger partial charge on any atom is 0.242 e. The molecule has 10 heteroatoms. The largest absolute Gasteiger partial charge is 0.366 e. The van der Waals surface area contributed by atoms with E-state index in [9.17, 15) is 16.8 Å². The molecule has 2 N–H and O–H groups in total. The van der Waals surface area contributed by atoms with Crippen LogP contribution >= 0.6 is 0 Å². The first-order chi connectivity index (χ1) is 13.6. The van der Waals surface area contributed by atoms with Gasteiger partial charge in [0.05, 0.1) is 4.90 Å². The van der Waals surface area contributed by atoms with Crippen molar-refractivity contribution in [2.75, 3.05) is 19.4 Å². The summed E-state index contributed by atoms with van der Waals surface area (Å²) < 4.78 is 53.6. The van der Waals surface area contributed by atoms with E-state index in [4.69, 9.17) is 0 Å². The van der Waals surface area contributed by atoms with Crippen LogP contribution in [0, 0.1) is 0 Å². The normalized spacial score (nSPS) is 12.5. The van der Waals surface area contributed by atoms with Crippen molar-refractivity contribution in [2.45, 2.75) is 49.1 Å². The Morgan fingerprint density at radius 2 is 1.66 bits per heavy atom. The lowest BCUT2D eigenvalue weighted by Gasteiger charge is -2.16. The predicted octanol–water partition coefficient (Wildman–Crippen LogP) is 2.41. The number of anilines is 1. The highest BCUT2D eigenvalue weighted by molar-refractivity contribution is 7.89. The summed E-state index contributed by atoms with van der Waals surface area (Å²) in [6.45, 7) is 4.08. The third-order valence-electron chi connectivity index (χ3n) is 4.55. The van der Waals surface area contributed by atoms with E-state index in [1.807, 2.05) is 13.8 Å². The van der Waals surface area contributed by atoms with Gasteiger partial charge in [-0.05, 0) is 36.6 Å². The predicted molar refractivity (Wildman–Crippen MR) is 114 cm³/mol. The molecule has 0 unspecified atom stereocenters. The smallest absolute Gasteiger partial charge is 0.242 e. The van der Waals surface area contributed by atoms with Crippen molar-refractivity contribution in [3.63, 3.8) is 0 Å². The minimum atomic E-state index is -3.63. The van der Waals surface area contributed by atoms with Gasteiger partial charge in [0.1, 0.15) is 10.7 Å². The van der Waals surface area contributed by atoms with E-state index in [2.05, 4.69) is 15.0 Å². The minimum absolute atomic E-state index is 0.0885. The second kappa shape index (κ2) is 9.66. The molecule has 1 aromatic heterocycles. The fourth-order valence-electron chi connectivity index (χ4n) is 2.67. The van der Waals surface area contributed by atoms with Crippen molar-refractivity contribution in [2.24, 2.45) is 0 Å². The van der Waals surface area contributed by atoms with Crippen molar-refractivity contribution in [1.29, 1.82) is 0 Å². The molecule has 1 heterocycles. The fourth-order valence-corrected chi connectivity index (χ4v) is 5.13. The van der Waals surface area contributed by atoms with Crippen molar-refractivity contribution in [3.8, 4) is 0 Å². The molecule has 0 saturated heterocycles. The van der Waals surface area contributed by atoms with Gasteiger partial charge in [-0.3, -0.25) is 0 Å². The van der Waals surface area contributed by atoms with Crippen LogP contribution in [-0.4, -0.2) is 46.3 Å². The van der Waals surface area contributed by atoms with Crippen LogP contribution in [0.25, 0.3) is 0 Å². The first-order valence-electron chi connectivity index (χ1n) is 9.34. The molecule has 0 saturated carbocycles. The summed E-state index contributed by atoms with van der Waals surface area (Å²) in [5.41, 5.74) is 0.593. The van der Waals surface area contributed by atoms with Crippen molar-refractivity contribution >= 4 is 25.9 Å². The maximum absolute atomic E-state index is 12.5. The fraction of sp³-hybridized carbons (Fsp3) is 0.421. The van der Waals surface area contributed by atoms with Crippen LogP contribution in [0.15, 0.2) is 52.4 Å². The van der Waals surface area contributed by atoms with Crippen LogP contribution in [0.1, 0.15) is 32.3 Å². The zero-order valence-corrected chi connectivity index (χ0v) is 18.7. The maximum atomic E-state index is 12.5. The summed E-state index contributed by atoms with van der Waals surface area (Å²) in [6, 6.07) is 9.63. The standard InChI is InChI=1S/C19H28N4O4S2/c1-5-16(6-2)22-28(24,25)17-11-12-19(21-14-17)20-13-15-9-7-8-10-18(15)29(26,27)23(3)4/h7-12,14,16,22H,5-6,13H2,1-4H3,(H,20,21). The van der Waals surface area contributed by atoms with Gasteiger partial charge in [0.25, 0.3) is 0 Å². The van der Waals surface area contributed by atoms with E-state index in [1.165, 1.54) is 26.4 Å². The average molecular weight is 441 g/mol. The zero-order valence-electron chi connectivity index (χ0n) is 17.1. The summed E-state index contributed by atoms with van der Waals surface area (Å²) in [7, 11) is -4.23. The first kappa shape index (κ1) is 23.3. The quantitative estimate of drug-likeness (QED) is 0.587. The van der Waals surface area contributed by atoms with Crippen molar-refractivity contribution in [3.05, 3.63) is 48.2 Å². The van der Waals surface area contributed by atoms with Gasteiger partial charge in [-0.1, -0.05) is 32.0 Å². The Hall–Kier alpha value is -2.01. The Kier molecular flexibility index (Phi) is 7.75. The van der Waals surface area contributed by atoms with E-state index in [-0.39, 0.29) is 22.4 Å². The van der Waals surface area contributed by atoms with Gasteiger partial charge < -0.3 is 5.32 Å². The summed E-state index contributed by atoms with van der Waals surface area (Å²) in [5.74, 6) is 0.448. The number of sulfonamides is 2. The van der Waals surface area contributed by atoms with E-state index in [0.29, 0.717) is 24.2 Å². The van der Waals surface area contributed by atoms with Crippen LogP contribution in [0.3, 0.4) is 0 Å². The summed E-state index contributed by atoms with van der Waals surface area (Å²) in [6.07, 6.45) is 2.70. The molecule has 2 aromatic rings. The van der Waals surface area contributed by atoms with Gasteiger partial charge in [-0.15, -0.1) is 0 Å². The molecule has 0 aliphatic rings. The molecule has 0 amide bonds. The second-order valence-corrected chi connectivity index (χ2v) is 10.6. The van der Waals surface area contributed by atoms with Gasteiger partial charge >= 0.3 is 0 Å². The van der Waals surface area contributed by atoms with Gasteiger partial charge in [0, 0.05) is 32.9 Å². The number of pyridine rings is 1. The number of nitrogens with one attached hydrogen (secondary N) is 2. The minimum Gasteiger partial charge on any atom is -0.366 e. The third kappa shape index (κ3) is 5.75. The molecular weight excluding hydrogens is 412 g/mol. The van der Waals surface area contributed by atoms with Crippen LogP contribution in [0.4, 0.5) is 5.82 Å². The lowest BCUT2D eigenvalue weighted by molar-refractivity contribution is 0.519. The Labute approximate surface area is 173 Å². The highest BCUT2D eigenvalue weighted by atomic mass is 32.2. The molecule has 1 aromatic carbocycles. The Morgan fingerprint density at radius 3 is 2.21 bits per heavy atom. The van der Waals surface area contributed by atoms with E-state index >= 15 is 0 Å².